The van der Waals surface area contributed by atoms with E-state index in [0.29, 0.717) is 11.2 Å². The normalized spacial score (nSPS) is 15.6. The lowest BCUT2D eigenvalue weighted by atomic mass is 10.0. The van der Waals surface area contributed by atoms with E-state index in [-0.39, 0.29) is 0 Å². The second-order valence-electron chi connectivity index (χ2n) is 6.36. The first kappa shape index (κ1) is 17.7. The highest BCUT2D eigenvalue weighted by atomic mass is 32.1. The van der Waals surface area contributed by atoms with Crippen LogP contribution < -0.4 is 15.4 Å². The summed E-state index contributed by atoms with van der Waals surface area (Å²) in [6, 6.07) is 18.9. The summed E-state index contributed by atoms with van der Waals surface area (Å²) >= 11 is 5.45. The van der Waals surface area contributed by atoms with Crippen molar-refractivity contribution in [1.29, 1.82) is 0 Å². The molecule has 1 heterocycles. The number of nitrogens with zero attached hydrogens (tertiary/aromatic N) is 1. The molecule has 4 nitrogen and oxygen atoms in total. The van der Waals surface area contributed by atoms with Gasteiger partial charge in [-0.05, 0) is 54.9 Å². The molecule has 0 bridgehead atoms. The van der Waals surface area contributed by atoms with Crippen LogP contribution in [0.1, 0.15) is 18.4 Å². The van der Waals surface area contributed by atoms with Crippen molar-refractivity contribution in [3.05, 3.63) is 60.2 Å². The van der Waals surface area contributed by atoms with Gasteiger partial charge in [-0.15, -0.1) is 0 Å². The zero-order valence-electron chi connectivity index (χ0n) is 14.6. The number of hydrogen-bond donors (Lipinski definition) is 2. The summed E-state index contributed by atoms with van der Waals surface area (Å²) in [6.07, 6.45) is 2.22. The molecule has 1 aliphatic heterocycles. The van der Waals surface area contributed by atoms with E-state index < -0.39 is 0 Å². The van der Waals surface area contributed by atoms with Gasteiger partial charge >= 0.3 is 0 Å². The van der Waals surface area contributed by atoms with Gasteiger partial charge in [0, 0.05) is 31.4 Å². The summed E-state index contributed by atoms with van der Waals surface area (Å²) in [5, 5.41) is 7.37. The minimum absolute atomic E-state index is 0.435. The average Bonchev–Trinajstić information content (AvgIpc) is 2.65. The molecule has 0 atom stereocenters. The molecule has 0 aliphatic carbocycles. The molecule has 0 spiro atoms. The highest BCUT2D eigenvalue weighted by Crippen LogP contribution is 2.16. The second kappa shape index (κ2) is 8.83. The summed E-state index contributed by atoms with van der Waals surface area (Å²) in [6.45, 7) is 3.22. The number of anilines is 1. The zero-order chi connectivity index (χ0) is 17.5. The molecule has 3 rings (SSSR count). The lowest BCUT2D eigenvalue weighted by Crippen LogP contribution is -2.45. The van der Waals surface area contributed by atoms with Gasteiger partial charge in [-0.3, -0.25) is 4.90 Å². The van der Waals surface area contributed by atoms with E-state index in [4.69, 9.17) is 17.0 Å². The van der Waals surface area contributed by atoms with E-state index in [1.54, 1.807) is 7.11 Å². The summed E-state index contributed by atoms with van der Waals surface area (Å²) in [5.41, 5.74) is 2.35. The van der Waals surface area contributed by atoms with Gasteiger partial charge in [0.1, 0.15) is 5.75 Å². The average molecular weight is 356 g/mol. The van der Waals surface area contributed by atoms with Crippen LogP contribution in [0.15, 0.2) is 54.6 Å². The molecule has 5 heteroatoms. The molecule has 0 saturated carbocycles. The summed E-state index contributed by atoms with van der Waals surface area (Å²) in [5.74, 6) is 0.843. The van der Waals surface area contributed by atoms with Crippen LogP contribution in [-0.4, -0.2) is 36.3 Å². The van der Waals surface area contributed by atoms with Crippen LogP contribution in [0.25, 0.3) is 0 Å². The Balaban J connectivity index is 1.41. The van der Waals surface area contributed by atoms with Crippen LogP contribution in [0.3, 0.4) is 0 Å². The van der Waals surface area contributed by atoms with Crippen molar-refractivity contribution in [2.45, 2.75) is 25.4 Å². The predicted octanol–water partition coefficient (Wildman–Crippen LogP) is 3.65. The first-order valence-electron chi connectivity index (χ1n) is 8.71. The molecule has 2 N–H and O–H groups in total. The van der Waals surface area contributed by atoms with Crippen molar-refractivity contribution < 1.29 is 4.74 Å². The molecule has 132 valence electrons. The maximum absolute atomic E-state index is 5.45. The molecular weight excluding hydrogens is 330 g/mol. The molecule has 25 heavy (non-hydrogen) atoms. The van der Waals surface area contributed by atoms with Crippen LogP contribution in [0.5, 0.6) is 5.75 Å². The molecule has 0 amide bonds. The van der Waals surface area contributed by atoms with Gasteiger partial charge in [-0.1, -0.05) is 30.3 Å². The van der Waals surface area contributed by atoms with E-state index in [0.717, 1.165) is 43.9 Å². The molecule has 0 unspecified atom stereocenters. The largest absolute Gasteiger partial charge is 0.497 e. The molecule has 2 aromatic rings. The Morgan fingerprint density at radius 1 is 1.08 bits per heavy atom. The Kier molecular flexibility index (Phi) is 6.25. The molecule has 2 aromatic carbocycles. The Hall–Kier alpha value is -2.11. The third-order valence-electron chi connectivity index (χ3n) is 4.52. The SMILES string of the molecule is COc1ccc(NC(=S)NC2CCN(Cc3ccccc3)CC2)cc1. The number of hydrogen-bond acceptors (Lipinski definition) is 3. The predicted molar refractivity (Wildman–Crippen MR) is 107 cm³/mol. The highest BCUT2D eigenvalue weighted by Gasteiger charge is 2.19. The number of thiocarbonyl (C=S) groups is 1. The number of piperidine rings is 1. The third-order valence-corrected chi connectivity index (χ3v) is 4.74. The first-order valence-corrected chi connectivity index (χ1v) is 9.11. The van der Waals surface area contributed by atoms with Crippen molar-refractivity contribution in [3.63, 3.8) is 0 Å². The Morgan fingerprint density at radius 2 is 1.76 bits per heavy atom. The van der Waals surface area contributed by atoms with E-state index in [1.165, 1.54) is 5.56 Å². The fourth-order valence-electron chi connectivity index (χ4n) is 3.10. The van der Waals surface area contributed by atoms with Crippen LogP contribution in [0, 0.1) is 0 Å². The van der Waals surface area contributed by atoms with Gasteiger partial charge in [0.25, 0.3) is 0 Å². The van der Waals surface area contributed by atoms with Crippen LogP contribution in [0.2, 0.25) is 0 Å². The lowest BCUT2D eigenvalue weighted by molar-refractivity contribution is 0.199. The third kappa shape index (κ3) is 5.44. The van der Waals surface area contributed by atoms with E-state index in [1.807, 2.05) is 24.3 Å². The molecule has 1 saturated heterocycles. The van der Waals surface area contributed by atoms with E-state index >= 15 is 0 Å². The minimum atomic E-state index is 0.435. The number of rotatable bonds is 5. The summed E-state index contributed by atoms with van der Waals surface area (Å²) in [4.78, 5) is 2.51. The van der Waals surface area contributed by atoms with Crippen LogP contribution >= 0.6 is 12.2 Å². The van der Waals surface area contributed by atoms with Crippen molar-refractivity contribution in [2.24, 2.45) is 0 Å². The van der Waals surface area contributed by atoms with Crippen LogP contribution in [-0.2, 0) is 6.54 Å². The van der Waals surface area contributed by atoms with Crippen LogP contribution in [0.4, 0.5) is 5.69 Å². The number of ether oxygens (including phenoxy) is 1. The second-order valence-corrected chi connectivity index (χ2v) is 6.77. The van der Waals surface area contributed by atoms with E-state index in [2.05, 4.69) is 45.9 Å². The number of likely N-dealkylation sites (tertiary alicyclic amines) is 1. The van der Waals surface area contributed by atoms with Gasteiger partial charge in [-0.25, -0.2) is 0 Å². The van der Waals surface area contributed by atoms with Gasteiger partial charge in [0.15, 0.2) is 5.11 Å². The summed E-state index contributed by atoms with van der Waals surface area (Å²) in [7, 11) is 1.67. The number of methoxy groups -OCH3 is 1. The smallest absolute Gasteiger partial charge is 0.170 e. The first-order chi connectivity index (χ1) is 12.2. The number of benzene rings is 2. The molecular formula is C20H25N3OS. The fourth-order valence-corrected chi connectivity index (χ4v) is 3.39. The molecule has 1 aliphatic rings. The Labute approximate surface area is 155 Å². The fraction of sp³-hybridized carbons (Fsp3) is 0.350. The zero-order valence-corrected chi connectivity index (χ0v) is 15.4. The molecule has 0 aromatic heterocycles. The Morgan fingerprint density at radius 3 is 2.40 bits per heavy atom. The minimum Gasteiger partial charge on any atom is -0.497 e. The lowest BCUT2D eigenvalue weighted by Gasteiger charge is -2.33. The number of nitrogens with one attached hydrogen (secondary N) is 2. The van der Waals surface area contributed by atoms with Gasteiger partial charge in [0.05, 0.1) is 7.11 Å². The maximum atomic E-state index is 5.45. The maximum Gasteiger partial charge on any atom is 0.170 e. The van der Waals surface area contributed by atoms with Gasteiger partial charge < -0.3 is 15.4 Å². The van der Waals surface area contributed by atoms with Crippen molar-refractivity contribution in [2.75, 3.05) is 25.5 Å². The summed E-state index contributed by atoms with van der Waals surface area (Å²) < 4.78 is 5.17. The van der Waals surface area contributed by atoms with Gasteiger partial charge in [-0.2, -0.15) is 0 Å². The highest BCUT2D eigenvalue weighted by molar-refractivity contribution is 7.80. The van der Waals surface area contributed by atoms with Crippen molar-refractivity contribution in [3.8, 4) is 5.75 Å². The quantitative estimate of drug-likeness (QED) is 0.801. The van der Waals surface area contributed by atoms with Crippen molar-refractivity contribution in [1.82, 2.24) is 10.2 Å². The molecule has 1 fully saturated rings. The standard InChI is InChI=1S/C20H25N3OS/c1-24-19-9-7-17(8-10-19)21-20(25)22-18-11-13-23(14-12-18)15-16-5-3-2-4-6-16/h2-10,18H,11-15H2,1H3,(H2,21,22,25). The monoisotopic (exact) mass is 355 g/mol. The van der Waals surface area contributed by atoms with E-state index in [9.17, 15) is 0 Å². The Bertz CT molecular complexity index is 667. The molecule has 0 radical (unpaired) electrons. The van der Waals surface area contributed by atoms with Gasteiger partial charge in [0.2, 0.25) is 0 Å². The van der Waals surface area contributed by atoms with Crippen molar-refractivity contribution >= 4 is 23.0 Å². The topological polar surface area (TPSA) is 36.5 Å².